The fourth-order valence-electron chi connectivity index (χ4n) is 1.83. The minimum atomic E-state index is 0.0445. The lowest BCUT2D eigenvalue weighted by Gasteiger charge is -2.19. The summed E-state index contributed by atoms with van der Waals surface area (Å²) < 4.78 is 10.7. The van der Waals surface area contributed by atoms with Gasteiger partial charge in [0.2, 0.25) is 11.7 Å². The quantitative estimate of drug-likeness (QED) is 0.869. The number of hydrogen-bond acceptors (Lipinski definition) is 5. The van der Waals surface area contributed by atoms with Crippen LogP contribution in [0.1, 0.15) is 51.4 Å². The summed E-state index contributed by atoms with van der Waals surface area (Å²) in [4.78, 5) is 4.37. The van der Waals surface area contributed by atoms with Crippen LogP contribution in [0.15, 0.2) is 4.52 Å². The number of aromatic nitrogens is 2. The van der Waals surface area contributed by atoms with E-state index in [2.05, 4.69) is 36.2 Å². The number of hydrogen-bond donors (Lipinski definition) is 1. The van der Waals surface area contributed by atoms with Crippen molar-refractivity contribution in [3.8, 4) is 0 Å². The van der Waals surface area contributed by atoms with Gasteiger partial charge in [-0.1, -0.05) is 5.16 Å². The van der Waals surface area contributed by atoms with Gasteiger partial charge < -0.3 is 14.6 Å². The molecule has 1 aliphatic heterocycles. The lowest BCUT2D eigenvalue weighted by molar-refractivity contribution is 0.103. The van der Waals surface area contributed by atoms with Crippen LogP contribution in [0.5, 0.6) is 0 Å². The predicted octanol–water partition coefficient (Wildman–Crippen LogP) is 1.85. The minimum Gasteiger partial charge on any atom is -0.370 e. The van der Waals surface area contributed by atoms with Crippen molar-refractivity contribution in [1.29, 1.82) is 0 Å². The molecule has 5 nitrogen and oxygen atoms in total. The maximum atomic E-state index is 5.51. The molecule has 1 N–H and O–H groups in total. The second-order valence-electron chi connectivity index (χ2n) is 5.47. The van der Waals surface area contributed by atoms with Gasteiger partial charge in [-0.25, -0.2) is 0 Å². The Bertz CT molecular complexity index is 351. The zero-order chi connectivity index (χ0) is 12.3. The van der Waals surface area contributed by atoms with Gasteiger partial charge in [-0.3, -0.25) is 0 Å². The van der Waals surface area contributed by atoms with Gasteiger partial charge in [0.15, 0.2) is 0 Å². The molecule has 1 fully saturated rings. The molecule has 5 heteroatoms. The molecule has 0 aromatic carbocycles. The first-order chi connectivity index (χ1) is 8.04. The van der Waals surface area contributed by atoms with Crippen LogP contribution in [0.4, 0.5) is 0 Å². The van der Waals surface area contributed by atoms with Crippen molar-refractivity contribution in [2.24, 2.45) is 0 Å². The van der Waals surface area contributed by atoms with E-state index in [4.69, 9.17) is 9.26 Å². The molecule has 0 amide bonds. The molecule has 1 saturated heterocycles. The molecule has 1 atom stereocenters. The van der Waals surface area contributed by atoms with E-state index in [9.17, 15) is 0 Å². The summed E-state index contributed by atoms with van der Waals surface area (Å²) in [5, 5.41) is 7.36. The van der Waals surface area contributed by atoms with Crippen molar-refractivity contribution >= 4 is 0 Å². The Morgan fingerprint density at radius 2 is 2.24 bits per heavy atom. The van der Waals surface area contributed by atoms with Crippen LogP contribution in [-0.2, 0) is 11.2 Å². The molecule has 1 unspecified atom stereocenters. The van der Waals surface area contributed by atoms with Crippen LogP contribution >= 0.6 is 0 Å². The molecule has 2 rings (SSSR count). The Hall–Kier alpha value is -0.940. The molecule has 17 heavy (non-hydrogen) atoms. The first kappa shape index (κ1) is 12.5. The molecule has 1 aromatic rings. The van der Waals surface area contributed by atoms with E-state index < -0.39 is 0 Å². The molecule has 1 aliphatic rings. The van der Waals surface area contributed by atoms with E-state index in [1.54, 1.807) is 0 Å². The third kappa shape index (κ3) is 3.78. The number of nitrogens with zero attached hydrogens (tertiary/aromatic N) is 2. The third-order valence-corrected chi connectivity index (χ3v) is 2.70. The summed E-state index contributed by atoms with van der Waals surface area (Å²) in [6, 6.07) is 0. The lowest BCUT2D eigenvalue weighted by Crippen LogP contribution is -2.37. The molecular weight excluding hydrogens is 218 g/mol. The molecule has 0 radical (unpaired) electrons. The van der Waals surface area contributed by atoms with Gasteiger partial charge in [-0.05, 0) is 33.6 Å². The topological polar surface area (TPSA) is 60.2 Å². The van der Waals surface area contributed by atoms with Gasteiger partial charge in [-0.2, -0.15) is 4.98 Å². The van der Waals surface area contributed by atoms with E-state index in [0.29, 0.717) is 11.7 Å². The SMILES string of the molecule is CC(C)(C)NCCc1nc(C2CCCO2)no1. The molecule has 96 valence electrons. The summed E-state index contributed by atoms with van der Waals surface area (Å²) in [7, 11) is 0. The average molecular weight is 239 g/mol. The summed E-state index contributed by atoms with van der Waals surface area (Å²) in [5.74, 6) is 1.39. The second kappa shape index (κ2) is 5.14. The lowest BCUT2D eigenvalue weighted by atomic mass is 10.1. The Morgan fingerprint density at radius 3 is 2.88 bits per heavy atom. The Morgan fingerprint density at radius 1 is 1.41 bits per heavy atom. The summed E-state index contributed by atoms with van der Waals surface area (Å²) in [5.41, 5.74) is 0.122. The Kier molecular flexibility index (Phi) is 3.79. The standard InChI is InChI=1S/C12H21N3O2/c1-12(2,3)13-7-6-10-14-11(15-17-10)9-5-4-8-16-9/h9,13H,4-8H2,1-3H3. The molecular formula is C12H21N3O2. The van der Waals surface area contributed by atoms with E-state index in [1.807, 2.05) is 0 Å². The Balaban J connectivity index is 1.81. The van der Waals surface area contributed by atoms with Crippen molar-refractivity contribution in [3.63, 3.8) is 0 Å². The van der Waals surface area contributed by atoms with Crippen LogP contribution in [0.25, 0.3) is 0 Å². The Labute approximate surface area is 102 Å². The summed E-state index contributed by atoms with van der Waals surface area (Å²) in [6.07, 6.45) is 2.89. The van der Waals surface area contributed by atoms with Gasteiger partial charge in [0, 0.05) is 25.1 Å². The zero-order valence-electron chi connectivity index (χ0n) is 10.8. The van der Waals surface area contributed by atoms with Crippen LogP contribution in [0, 0.1) is 0 Å². The third-order valence-electron chi connectivity index (χ3n) is 2.70. The van der Waals surface area contributed by atoms with Crippen molar-refractivity contribution < 1.29 is 9.26 Å². The van der Waals surface area contributed by atoms with Gasteiger partial charge in [0.05, 0.1) is 0 Å². The fourth-order valence-corrected chi connectivity index (χ4v) is 1.83. The first-order valence-corrected chi connectivity index (χ1v) is 6.24. The zero-order valence-corrected chi connectivity index (χ0v) is 10.8. The molecule has 0 aliphatic carbocycles. The maximum absolute atomic E-state index is 5.51. The van der Waals surface area contributed by atoms with Crippen molar-refractivity contribution in [1.82, 2.24) is 15.5 Å². The monoisotopic (exact) mass is 239 g/mol. The van der Waals surface area contributed by atoms with Crippen molar-refractivity contribution in [2.75, 3.05) is 13.2 Å². The van der Waals surface area contributed by atoms with Gasteiger partial charge in [0.25, 0.3) is 0 Å². The highest BCUT2D eigenvalue weighted by Crippen LogP contribution is 2.25. The van der Waals surface area contributed by atoms with Crippen LogP contribution in [-0.4, -0.2) is 28.8 Å². The molecule has 2 heterocycles. The molecule has 0 spiro atoms. The largest absolute Gasteiger partial charge is 0.370 e. The normalized spacial score (nSPS) is 21.0. The maximum Gasteiger partial charge on any atom is 0.228 e. The van der Waals surface area contributed by atoms with E-state index in [0.717, 1.165) is 32.4 Å². The van der Waals surface area contributed by atoms with Crippen LogP contribution < -0.4 is 5.32 Å². The van der Waals surface area contributed by atoms with E-state index >= 15 is 0 Å². The number of nitrogens with one attached hydrogen (secondary N) is 1. The molecule has 0 saturated carbocycles. The smallest absolute Gasteiger partial charge is 0.228 e. The van der Waals surface area contributed by atoms with Gasteiger partial charge in [-0.15, -0.1) is 0 Å². The number of ether oxygens (including phenoxy) is 1. The van der Waals surface area contributed by atoms with Crippen molar-refractivity contribution in [3.05, 3.63) is 11.7 Å². The first-order valence-electron chi connectivity index (χ1n) is 6.24. The predicted molar refractivity (Wildman–Crippen MR) is 63.7 cm³/mol. The molecule has 0 bridgehead atoms. The summed E-state index contributed by atoms with van der Waals surface area (Å²) >= 11 is 0. The second-order valence-corrected chi connectivity index (χ2v) is 5.47. The minimum absolute atomic E-state index is 0.0445. The van der Waals surface area contributed by atoms with Crippen LogP contribution in [0.2, 0.25) is 0 Å². The highest BCUT2D eigenvalue weighted by atomic mass is 16.5. The van der Waals surface area contributed by atoms with E-state index in [-0.39, 0.29) is 11.6 Å². The number of rotatable bonds is 4. The van der Waals surface area contributed by atoms with Crippen molar-refractivity contribution in [2.45, 2.75) is 51.7 Å². The highest BCUT2D eigenvalue weighted by Gasteiger charge is 2.23. The van der Waals surface area contributed by atoms with E-state index in [1.165, 1.54) is 0 Å². The van der Waals surface area contributed by atoms with Crippen LogP contribution in [0.3, 0.4) is 0 Å². The van der Waals surface area contributed by atoms with Gasteiger partial charge in [0.1, 0.15) is 6.10 Å². The summed E-state index contributed by atoms with van der Waals surface area (Å²) in [6.45, 7) is 8.06. The fraction of sp³-hybridized carbons (Fsp3) is 0.833. The van der Waals surface area contributed by atoms with Gasteiger partial charge >= 0.3 is 0 Å². The highest BCUT2D eigenvalue weighted by molar-refractivity contribution is 4.93. The average Bonchev–Trinajstić information content (AvgIpc) is 2.83. The molecule has 1 aromatic heterocycles.